The third-order valence-electron chi connectivity index (χ3n) is 5.76. The Morgan fingerprint density at radius 3 is 2.48 bits per heavy atom. The van der Waals surface area contributed by atoms with Crippen molar-refractivity contribution in [1.82, 2.24) is 10.2 Å². The van der Waals surface area contributed by atoms with Crippen LogP contribution in [-0.4, -0.2) is 35.8 Å². The first-order valence-electron chi connectivity index (χ1n) is 10.6. The van der Waals surface area contributed by atoms with Crippen molar-refractivity contribution in [2.75, 3.05) is 13.1 Å². The molecule has 29 heavy (non-hydrogen) atoms. The van der Waals surface area contributed by atoms with Gasteiger partial charge in [-0.2, -0.15) is 0 Å². The lowest BCUT2D eigenvalue weighted by Crippen LogP contribution is -2.47. The molecule has 2 amide bonds. The van der Waals surface area contributed by atoms with Crippen LogP contribution in [0.3, 0.4) is 0 Å². The second-order valence-corrected chi connectivity index (χ2v) is 8.57. The highest BCUT2D eigenvalue weighted by atomic mass is 16.2. The van der Waals surface area contributed by atoms with E-state index in [0.717, 1.165) is 11.1 Å². The lowest BCUT2D eigenvalue weighted by atomic mass is 9.79. The van der Waals surface area contributed by atoms with Gasteiger partial charge in [0.2, 0.25) is 11.8 Å². The Hall–Kier alpha value is -2.62. The quantitative estimate of drug-likeness (QED) is 0.794. The standard InChI is InChI=1S/C25H32N2O2/c1-5-23(28)27-14-13-25(17-27,24(29)26-18(2)3)16-20-7-6-8-22(15-20)21-11-9-19(4)10-12-21/h6-12,15,18H,5,13-14,16-17H2,1-4H3,(H,26,29). The molecule has 0 bridgehead atoms. The average molecular weight is 393 g/mol. The van der Waals surface area contributed by atoms with Gasteiger partial charge in [0.25, 0.3) is 0 Å². The zero-order valence-electron chi connectivity index (χ0n) is 18.0. The summed E-state index contributed by atoms with van der Waals surface area (Å²) in [6, 6.07) is 17.0. The molecule has 1 aliphatic rings. The van der Waals surface area contributed by atoms with Crippen molar-refractivity contribution in [2.45, 2.75) is 53.0 Å². The molecule has 1 N–H and O–H groups in total. The summed E-state index contributed by atoms with van der Waals surface area (Å²) in [7, 11) is 0. The largest absolute Gasteiger partial charge is 0.353 e. The van der Waals surface area contributed by atoms with Crippen molar-refractivity contribution < 1.29 is 9.59 Å². The van der Waals surface area contributed by atoms with Crippen LogP contribution >= 0.6 is 0 Å². The minimum absolute atomic E-state index is 0.0552. The fourth-order valence-corrected chi connectivity index (χ4v) is 4.13. The number of benzene rings is 2. The zero-order chi connectivity index (χ0) is 21.0. The minimum Gasteiger partial charge on any atom is -0.353 e. The monoisotopic (exact) mass is 392 g/mol. The van der Waals surface area contributed by atoms with Gasteiger partial charge in [0.1, 0.15) is 0 Å². The number of likely N-dealkylation sites (tertiary alicyclic amines) is 1. The molecule has 0 aromatic heterocycles. The molecule has 2 aromatic rings. The molecule has 1 atom stereocenters. The molecule has 3 rings (SSSR count). The van der Waals surface area contributed by atoms with Gasteiger partial charge in [-0.25, -0.2) is 0 Å². The van der Waals surface area contributed by atoms with Gasteiger partial charge >= 0.3 is 0 Å². The Bertz CT molecular complexity index is 873. The molecule has 4 nitrogen and oxygen atoms in total. The van der Waals surface area contributed by atoms with E-state index in [-0.39, 0.29) is 17.9 Å². The summed E-state index contributed by atoms with van der Waals surface area (Å²) in [6.45, 7) is 9.06. The summed E-state index contributed by atoms with van der Waals surface area (Å²) in [5, 5.41) is 3.10. The van der Waals surface area contributed by atoms with Crippen molar-refractivity contribution in [3.05, 3.63) is 59.7 Å². The Morgan fingerprint density at radius 2 is 1.83 bits per heavy atom. The summed E-state index contributed by atoms with van der Waals surface area (Å²) < 4.78 is 0. The summed E-state index contributed by atoms with van der Waals surface area (Å²) in [5.41, 5.74) is 4.13. The maximum atomic E-state index is 13.2. The number of aryl methyl sites for hydroxylation is 1. The molecule has 0 saturated carbocycles. The molecule has 1 fully saturated rings. The molecule has 1 aliphatic heterocycles. The van der Waals surface area contributed by atoms with Crippen LogP contribution in [0, 0.1) is 12.3 Å². The van der Waals surface area contributed by atoms with Crippen LogP contribution in [0.1, 0.15) is 44.7 Å². The Labute approximate surface area is 174 Å². The van der Waals surface area contributed by atoms with Crippen molar-refractivity contribution in [1.29, 1.82) is 0 Å². The predicted octanol–water partition coefficient (Wildman–Crippen LogP) is 4.36. The van der Waals surface area contributed by atoms with Gasteiger partial charge in [-0.1, -0.05) is 61.0 Å². The highest BCUT2D eigenvalue weighted by Gasteiger charge is 2.45. The van der Waals surface area contributed by atoms with E-state index < -0.39 is 5.41 Å². The van der Waals surface area contributed by atoms with Gasteiger partial charge in [-0.3, -0.25) is 9.59 Å². The van der Waals surface area contributed by atoms with E-state index >= 15 is 0 Å². The molecule has 4 heteroatoms. The molecule has 0 aliphatic carbocycles. The van der Waals surface area contributed by atoms with Crippen molar-refractivity contribution in [3.63, 3.8) is 0 Å². The number of hydrogen-bond donors (Lipinski definition) is 1. The fourth-order valence-electron chi connectivity index (χ4n) is 4.13. The molecule has 1 unspecified atom stereocenters. The van der Waals surface area contributed by atoms with E-state index in [4.69, 9.17) is 0 Å². The topological polar surface area (TPSA) is 49.4 Å². The number of hydrogen-bond acceptors (Lipinski definition) is 2. The SMILES string of the molecule is CCC(=O)N1CCC(Cc2cccc(-c3ccc(C)cc3)c2)(C(=O)NC(C)C)C1. The first-order valence-corrected chi connectivity index (χ1v) is 10.6. The van der Waals surface area contributed by atoms with Crippen molar-refractivity contribution >= 4 is 11.8 Å². The maximum absolute atomic E-state index is 13.2. The van der Waals surface area contributed by atoms with E-state index in [1.165, 1.54) is 11.1 Å². The third-order valence-corrected chi connectivity index (χ3v) is 5.76. The van der Waals surface area contributed by atoms with Gasteiger partial charge in [0, 0.05) is 25.6 Å². The van der Waals surface area contributed by atoms with E-state index in [9.17, 15) is 9.59 Å². The lowest BCUT2D eigenvalue weighted by molar-refractivity contribution is -0.133. The average Bonchev–Trinajstić information content (AvgIpc) is 3.13. The number of amides is 2. The van der Waals surface area contributed by atoms with Crippen LogP contribution in [0.15, 0.2) is 48.5 Å². The van der Waals surface area contributed by atoms with Crippen molar-refractivity contribution in [2.24, 2.45) is 5.41 Å². The summed E-state index contributed by atoms with van der Waals surface area (Å²) in [4.78, 5) is 27.3. The number of carbonyl (C=O) groups excluding carboxylic acids is 2. The summed E-state index contributed by atoms with van der Waals surface area (Å²) >= 11 is 0. The first kappa shape index (κ1) is 21.1. The Morgan fingerprint density at radius 1 is 1.10 bits per heavy atom. The number of rotatable bonds is 6. The van der Waals surface area contributed by atoms with Gasteiger partial charge in [0.05, 0.1) is 5.41 Å². The molecule has 1 heterocycles. The molecular weight excluding hydrogens is 360 g/mol. The maximum Gasteiger partial charge on any atom is 0.228 e. The van der Waals surface area contributed by atoms with Crippen LogP contribution < -0.4 is 5.32 Å². The number of carbonyl (C=O) groups is 2. The van der Waals surface area contributed by atoms with Crippen molar-refractivity contribution in [3.8, 4) is 11.1 Å². The lowest BCUT2D eigenvalue weighted by Gasteiger charge is -2.29. The molecule has 1 saturated heterocycles. The van der Waals surface area contributed by atoms with E-state index in [2.05, 4.69) is 60.8 Å². The van der Waals surface area contributed by atoms with Gasteiger partial charge in [-0.05, 0) is 50.3 Å². The van der Waals surface area contributed by atoms with Crippen LogP contribution in [0.5, 0.6) is 0 Å². The second-order valence-electron chi connectivity index (χ2n) is 8.57. The van der Waals surface area contributed by atoms with Crippen LogP contribution in [0.2, 0.25) is 0 Å². The van der Waals surface area contributed by atoms with Gasteiger partial charge in [0.15, 0.2) is 0 Å². The second kappa shape index (κ2) is 8.81. The Kier molecular flexibility index (Phi) is 6.41. The van der Waals surface area contributed by atoms with Gasteiger partial charge in [-0.15, -0.1) is 0 Å². The predicted molar refractivity (Wildman–Crippen MR) is 118 cm³/mol. The number of nitrogens with zero attached hydrogens (tertiary/aromatic N) is 1. The normalized spacial score (nSPS) is 18.9. The molecule has 154 valence electrons. The van der Waals surface area contributed by atoms with Gasteiger partial charge < -0.3 is 10.2 Å². The fraction of sp³-hybridized carbons (Fsp3) is 0.440. The zero-order valence-corrected chi connectivity index (χ0v) is 18.0. The van der Waals surface area contributed by atoms with E-state index in [0.29, 0.717) is 32.4 Å². The Balaban J connectivity index is 1.88. The summed E-state index contributed by atoms with van der Waals surface area (Å²) in [6.07, 6.45) is 1.82. The highest BCUT2D eigenvalue weighted by Crippen LogP contribution is 2.36. The minimum atomic E-state index is -0.568. The third kappa shape index (κ3) is 4.87. The summed E-state index contributed by atoms with van der Waals surface area (Å²) in [5.74, 6) is 0.178. The van der Waals surface area contributed by atoms with Crippen LogP contribution in [-0.2, 0) is 16.0 Å². The molecule has 2 aromatic carbocycles. The van der Waals surface area contributed by atoms with Crippen LogP contribution in [0.25, 0.3) is 11.1 Å². The highest BCUT2D eigenvalue weighted by molar-refractivity contribution is 5.86. The smallest absolute Gasteiger partial charge is 0.228 e. The van der Waals surface area contributed by atoms with Crippen LogP contribution in [0.4, 0.5) is 0 Å². The van der Waals surface area contributed by atoms with E-state index in [1.807, 2.05) is 25.7 Å². The number of nitrogens with one attached hydrogen (secondary N) is 1. The molecular formula is C25H32N2O2. The molecule has 0 radical (unpaired) electrons. The molecule has 0 spiro atoms. The van der Waals surface area contributed by atoms with E-state index in [1.54, 1.807) is 0 Å². The first-order chi connectivity index (χ1) is 13.8.